The SMILES string of the molecule is SC(Cl)=C(Cl)Cl. The molecule has 0 radical (unpaired) electrons. The van der Waals surface area contributed by atoms with Crippen molar-refractivity contribution in [2.45, 2.75) is 0 Å². The van der Waals surface area contributed by atoms with Gasteiger partial charge in [0.05, 0.1) is 0 Å². The second-order valence-corrected chi connectivity index (χ2v) is 2.59. The Bertz CT molecular complexity index is 58.9. The monoisotopic (exact) mass is 162 g/mol. The minimum Gasteiger partial charge on any atom is -0.129 e. The lowest BCUT2D eigenvalue weighted by Crippen LogP contribution is -1.48. The summed E-state index contributed by atoms with van der Waals surface area (Å²) in [5.41, 5.74) is 0. The van der Waals surface area contributed by atoms with Crippen LogP contribution in [-0.4, -0.2) is 0 Å². The molecule has 0 amide bonds. The maximum atomic E-state index is 5.09. The molecule has 0 nitrogen and oxygen atoms in total. The van der Waals surface area contributed by atoms with Gasteiger partial charge in [0.25, 0.3) is 0 Å². The van der Waals surface area contributed by atoms with Crippen molar-refractivity contribution in [3.05, 3.63) is 8.86 Å². The highest BCUT2D eigenvalue weighted by atomic mass is 35.5. The molecule has 0 aromatic heterocycles. The van der Waals surface area contributed by atoms with Crippen LogP contribution in [-0.2, 0) is 0 Å². The Morgan fingerprint density at radius 1 is 1.17 bits per heavy atom. The highest BCUT2D eigenvalue weighted by Gasteiger charge is 1.86. The molecular weight excluding hydrogens is 162 g/mol. The van der Waals surface area contributed by atoms with E-state index in [0.29, 0.717) is 0 Å². The largest absolute Gasteiger partial charge is 0.131 e. The van der Waals surface area contributed by atoms with Crippen molar-refractivity contribution in [2.75, 3.05) is 0 Å². The van der Waals surface area contributed by atoms with Crippen LogP contribution in [0, 0.1) is 0 Å². The third kappa shape index (κ3) is 3.16. The maximum absolute atomic E-state index is 5.09. The summed E-state index contributed by atoms with van der Waals surface area (Å²) < 4.78 is 0.123. The van der Waals surface area contributed by atoms with Gasteiger partial charge in [-0.1, -0.05) is 34.8 Å². The summed E-state index contributed by atoms with van der Waals surface area (Å²) in [6, 6.07) is 0. The van der Waals surface area contributed by atoms with E-state index < -0.39 is 0 Å². The average Bonchev–Trinajstić information content (AvgIpc) is 1.36. The first kappa shape index (κ1) is 6.96. The van der Waals surface area contributed by atoms with E-state index >= 15 is 0 Å². The Balaban J connectivity index is 3.68. The summed E-state index contributed by atoms with van der Waals surface area (Å²) in [6.07, 6.45) is 0. The maximum Gasteiger partial charge on any atom is 0.131 e. The van der Waals surface area contributed by atoms with Crippen molar-refractivity contribution < 1.29 is 0 Å². The molecule has 0 aliphatic heterocycles. The third-order valence-corrected chi connectivity index (χ3v) is 1.40. The van der Waals surface area contributed by atoms with Gasteiger partial charge in [0, 0.05) is 0 Å². The normalized spacial score (nSPS) is 8.00. The van der Waals surface area contributed by atoms with E-state index in [1.165, 1.54) is 0 Å². The fourth-order valence-corrected chi connectivity index (χ4v) is 0. The second kappa shape index (κ2) is 3.03. The van der Waals surface area contributed by atoms with Gasteiger partial charge in [-0.25, -0.2) is 0 Å². The predicted molar refractivity (Wildman–Crippen MR) is 33.6 cm³/mol. The van der Waals surface area contributed by atoms with E-state index in [0.717, 1.165) is 0 Å². The Kier molecular flexibility index (Phi) is 3.51. The molecule has 0 aliphatic rings. The van der Waals surface area contributed by atoms with E-state index in [2.05, 4.69) is 12.6 Å². The fourth-order valence-electron chi connectivity index (χ4n) is 0. The topological polar surface area (TPSA) is 0 Å². The smallest absolute Gasteiger partial charge is 0.129 e. The molecule has 0 aromatic rings. The van der Waals surface area contributed by atoms with Crippen LogP contribution in [0.2, 0.25) is 0 Å². The van der Waals surface area contributed by atoms with Gasteiger partial charge in [0.15, 0.2) is 0 Å². The molecule has 0 aromatic carbocycles. The molecule has 0 unspecified atom stereocenters. The number of thiol groups is 1. The van der Waals surface area contributed by atoms with Gasteiger partial charge in [0.1, 0.15) is 8.86 Å². The lowest BCUT2D eigenvalue weighted by Gasteiger charge is -1.77. The van der Waals surface area contributed by atoms with Crippen molar-refractivity contribution in [1.29, 1.82) is 0 Å². The molecule has 0 aliphatic carbocycles. The molecule has 0 spiro atoms. The van der Waals surface area contributed by atoms with Crippen LogP contribution in [0.4, 0.5) is 0 Å². The lowest BCUT2D eigenvalue weighted by atomic mass is 11.2. The molecule has 0 N–H and O–H groups in total. The van der Waals surface area contributed by atoms with Crippen LogP contribution in [0.3, 0.4) is 0 Å². The van der Waals surface area contributed by atoms with Gasteiger partial charge in [-0.3, -0.25) is 0 Å². The molecule has 0 atom stereocenters. The molecule has 0 saturated heterocycles. The molecule has 0 fully saturated rings. The zero-order valence-corrected chi connectivity index (χ0v) is 5.74. The zero-order chi connectivity index (χ0) is 5.15. The van der Waals surface area contributed by atoms with Crippen LogP contribution in [0.1, 0.15) is 0 Å². The Labute approximate surface area is 56.5 Å². The number of hydrogen-bond acceptors (Lipinski definition) is 1. The summed E-state index contributed by atoms with van der Waals surface area (Å²) in [5.74, 6) is 0. The lowest BCUT2D eigenvalue weighted by molar-refractivity contribution is 2.29. The van der Waals surface area contributed by atoms with E-state index in [9.17, 15) is 0 Å². The van der Waals surface area contributed by atoms with E-state index in [1.54, 1.807) is 0 Å². The standard InChI is InChI=1S/C2HCl3S/c3-1(4)2(5)6/h6H. The minimum absolute atomic E-state index is 0.000000000000000444. The molecule has 6 heavy (non-hydrogen) atoms. The van der Waals surface area contributed by atoms with Crippen LogP contribution < -0.4 is 0 Å². The fraction of sp³-hybridized carbons (Fsp3) is 0. The van der Waals surface area contributed by atoms with Crippen molar-refractivity contribution in [1.82, 2.24) is 0 Å². The highest BCUT2D eigenvalue weighted by Crippen LogP contribution is 2.19. The van der Waals surface area contributed by atoms with Gasteiger partial charge >= 0.3 is 0 Å². The van der Waals surface area contributed by atoms with Crippen molar-refractivity contribution in [3.63, 3.8) is 0 Å². The number of rotatable bonds is 0. The Hall–Kier alpha value is 0.960. The first-order chi connectivity index (χ1) is 2.64. The van der Waals surface area contributed by atoms with Gasteiger partial charge in [-0.2, -0.15) is 0 Å². The van der Waals surface area contributed by atoms with Gasteiger partial charge in [-0.05, 0) is 0 Å². The quantitative estimate of drug-likeness (QED) is 0.522. The molecule has 0 rings (SSSR count). The zero-order valence-electron chi connectivity index (χ0n) is 2.58. The molecule has 4 heteroatoms. The minimum atomic E-state index is 0.000000000000000444. The van der Waals surface area contributed by atoms with E-state index in [1.807, 2.05) is 0 Å². The number of halogens is 3. The highest BCUT2D eigenvalue weighted by molar-refractivity contribution is 7.86. The van der Waals surface area contributed by atoms with Crippen LogP contribution >= 0.6 is 47.4 Å². The van der Waals surface area contributed by atoms with Crippen molar-refractivity contribution >= 4 is 47.4 Å². The first-order valence-corrected chi connectivity index (χ1v) is 2.62. The average molecular weight is 163 g/mol. The van der Waals surface area contributed by atoms with Gasteiger partial charge in [-0.15, -0.1) is 12.6 Å². The summed E-state index contributed by atoms with van der Waals surface area (Å²) in [4.78, 5) is 0. The van der Waals surface area contributed by atoms with Crippen LogP contribution in [0.25, 0.3) is 0 Å². The van der Waals surface area contributed by atoms with E-state index in [4.69, 9.17) is 34.8 Å². The van der Waals surface area contributed by atoms with Crippen LogP contribution in [0.5, 0.6) is 0 Å². The molecule has 36 valence electrons. The number of hydrogen-bond donors (Lipinski definition) is 1. The Morgan fingerprint density at radius 2 is 1.33 bits per heavy atom. The van der Waals surface area contributed by atoms with Gasteiger partial charge < -0.3 is 0 Å². The van der Waals surface area contributed by atoms with E-state index in [-0.39, 0.29) is 8.86 Å². The summed E-state index contributed by atoms with van der Waals surface area (Å²) in [7, 11) is 0. The van der Waals surface area contributed by atoms with Crippen molar-refractivity contribution in [2.24, 2.45) is 0 Å². The summed E-state index contributed by atoms with van der Waals surface area (Å²) in [5, 5.41) is 0. The Morgan fingerprint density at radius 3 is 1.33 bits per heavy atom. The first-order valence-electron chi connectivity index (χ1n) is 1.04. The van der Waals surface area contributed by atoms with Gasteiger partial charge in [0.2, 0.25) is 0 Å². The third-order valence-electron chi connectivity index (χ3n) is 0.156. The van der Waals surface area contributed by atoms with Crippen molar-refractivity contribution in [3.8, 4) is 0 Å². The summed E-state index contributed by atoms with van der Waals surface area (Å²) >= 11 is 18.8. The molecule has 0 saturated carbocycles. The van der Waals surface area contributed by atoms with Crippen LogP contribution in [0.15, 0.2) is 8.86 Å². The molecule has 0 heterocycles. The summed E-state index contributed by atoms with van der Waals surface area (Å²) in [6.45, 7) is 0. The second-order valence-electron chi connectivity index (χ2n) is 0.551. The molecular formula is C2HCl3S. The molecule has 0 bridgehead atoms. The predicted octanol–water partition coefficient (Wildman–Crippen LogP) is 2.76.